The molecule has 0 fully saturated rings. The lowest BCUT2D eigenvalue weighted by molar-refractivity contribution is -0.121. The zero-order valence-electron chi connectivity index (χ0n) is 16.3. The third-order valence-corrected chi connectivity index (χ3v) is 4.72. The molecule has 8 heteroatoms. The van der Waals surface area contributed by atoms with Crippen molar-refractivity contribution in [1.29, 1.82) is 0 Å². The third kappa shape index (κ3) is 3.21. The summed E-state index contributed by atoms with van der Waals surface area (Å²) < 4.78 is 3.57. The fourth-order valence-corrected chi connectivity index (χ4v) is 3.38. The zero-order valence-corrected chi connectivity index (χ0v) is 16.3. The highest BCUT2D eigenvalue weighted by atomic mass is 16.1. The van der Waals surface area contributed by atoms with Crippen LogP contribution < -0.4 is 5.32 Å². The first kappa shape index (κ1) is 18.1. The molecule has 0 atom stereocenters. The largest absolute Gasteiger partial charge is 0.355 e. The molecule has 0 aliphatic carbocycles. The first-order valence-electron chi connectivity index (χ1n) is 9.50. The highest BCUT2D eigenvalue weighted by molar-refractivity contribution is 6.04. The molecule has 1 amide bonds. The Morgan fingerprint density at radius 1 is 1.18 bits per heavy atom. The Morgan fingerprint density at radius 3 is 2.75 bits per heavy atom. The number of nitrogens with zero attached hydrogens (tertiary/aromatic N) is 6. The van der Waals surface area contributed by atoms with E-state index in [-0.39, 0.29) is 12.5 Å². The molecule has 144 valence electrons. The highest BCUT2D eigenvalue weighted by Crippen LogP contribution is 2.26. The molecule has 8 nitrogen and oxygen atoms in total. The Bertz CT molecular complexity index is 1160. The molecule has 0 spiro atoms. The fourth-order valence-electron chi connectivity index (χ4n) is 3.38. The summed E-state index contributed by atoms with van der Waals surface area (Å²) in [4.78, 5) is 17.2. The molecule has 0 saturated carbocycles. The number of amides is 1. The summed E-state index contributed by atoms with van der Waals surface area (Å²) >= 11 is 0. The van der Waals surface area contributed by atoms with Gasteiger partial charge in [0.25, 0.3) is 5.95 Å². The van der Waals surface area contributed by atoms with Gasteiger partial charge in [0.15, 0.2) is 5.65 Å². The summed E-state index contributed by atoms with van der Waals surface area (Å²) in [6, 6.07) is 9.81. The van der Waals surface area contributed by atoms with Crippen LogP contribution in [0.5, 0.6) is 0 Å². The smallest absolute Gasteiger partial charge is 0.272 e. The Kier molecular flexibility index (Phi) is 4.77. The van der Waals surface area contributed by atoms with Crippen molar-refractivity contribution in [3.8, 4) is 5.95 Å². The van der Waals surface area contributed by atoms with E-state index in [0.29, 0.717) is 23.7 Å². The summed E-state index contributed by atoms with van der Waals surface area (Å²) in [5, 5.41) is 17.0. The SMILES string of the molecule is CCCCNC(=O)Cn1c2ccccc2c2nnc(-n3nc(C)cc3C)nc21. The van der Waals surface area contributed by atoms with Gasteiger partial charge in [0, 0.05) is 17.6 Å². The Labute approximate surface area is 162 Å². The lowest BCUT2D eigenvalue weighted by Crippen LogP contribution is -2.28. The maximum atomic E-state index is 12.5. The predicted octanol–water partition coefficient (Wildman–Crippen LogP) is 2.70. The minimum atomic E-state index is -0.0395. The van der Waals surface area contributed by atoms with Crippen molar-refractivity contribution in [2.24, 2.45) is 0 Å². The molecular formula is C20H23N7O. The summed E-state index contributed by atoms with van der Waals surface area (Å²) in [5.74, 6) is 0.357. The molecule has 0 unspecified atom stereocenters. The molecule has 4 rings (SSSR count). The number of para-hydroxylation sites is 1. The van der Waals surface area contributed by atoms with Crippen LogP contribution in [-0.2, 0) is 11.3 Å². The maximum Gasteiger partial charge on any atom is 0.272 e. The number of aromatic nitrogens is 6. The molecule has 4 aromatic rings. The van der Waals surface area contributed by atoms with Crippen molar-refractivity contribution in [2.75, 3.05) is 6.54 Å². The second-order valence-electron chi connectivity index (χ2n) is 6.93. The van der Waals surface area contributed by atoms with E-state index < -0.39 is 0 Å². The number of rotatable bonds is 6. The van der Waals surface area contributed by atoms with Gasteiger partial charge in [-0.1, -0.05) is 31.5 Å². The first-order chi connectivity index (χ1) is 13.6. The lowest BCUT2D eigenvalue weighted by Gasteiger charge is -2.08. The number of carbonyl (C=O) groups excluding carboxylic acids is 1. The lowest BCUT2D eigenvalue weighted by atomic mass is 10.2. The van der Waals surface area contributed by atoms with E-state index in [1.54, 1.807) is 4.68 Å². The van der Waals surface area contributed by atoms with Crippen LogP contribution in [0.25, 0.3) is 28.0 Å². The quantitative estimate of drug-likeness (QED) is 0.522. The van der Waals surface area contributed by atoms with Gasteiger partial charge in [-0.15, -0.1) is 10.2 Å². The van der Waals surface area contributed by atoms with Crippen LogP contribution >= 0.6 is 0 Å². The number of fused-ring (bicyclic) bond motifs is 3. The molecule has 0 radical (unpaired) electrons. The molecule has 3 aromatic heterocycles. The van der Waals surface area contributed by atoms with Gasteiger partial charge < -0.3 is 9.88 Å². The van der Waals surface area contributed by atoms with Gasteiger partial charge in [-0.3, -0.25) is 4.79 Å². The molecule has 0 aliphatic rings. The topological polar surface area (TPSA) is 90.5 Å². The number of hydrogen-bond acceptors (Lipinski definition) is 5. The Morgan fingerprint density at radius 2 is 2.00 bits per heavy atom. The summed E-state index contributed by atoms with van der Waals surface area (Å²) in [6.07, 6.45) is 2.00. The van der Waals surface area contributed by atoms with E-state index in [4.69, 9.17) is 4.98 Å². The monoisotopic (exact) mass is 377 g/mol. The molecule has 3 heterocycles. The van der Waals surface area contributed by atoms with Gasteiger partial charge in [-0.25, -0.2) is 4.68 Å². The van der Waals surface area contributed by atoms with Crippen LogP contribution in [0.1, 0.15) is 31.2 Å². The fraction of sp³-hybridized carbons (Fsp3) is 0.350. The van der Waals surface area contributed by atoms with Crippen LogP contribution in [0.2, 0.25) is 0 Å². The average Bonchev–Trinajstić information content (AvgIpc) is 3.19. The minimum Gasteiger partial charge on any atom is -0.355 e. The van der Waals surface area contributed by atoms with Crippen LogP contribution in [-0.4, -0.2) is 42.0 Å². The Balaban J connectivity index is 1.82. The van der Waals surface area contributed by atoms with Gasteiger partial charge in [0.2, 0.25) is 5.91 Å². The molecule has 0 aliphatic heterocycles. The minimum absolute atomic E-state index is 0.0395. The van der Waals surface area contributed by atoms with E-state index in [1.807, 2.05) is 48.7 Å². The molecule has 0 saturated heterocycles. The van der Waals surface area contributed by atoms with E-state index in [0.717, 1.165) is 35.1 Å². The number of nitrogens with one attached hydrogen (secondary N) is 1. The van der Waals surface area contributed by atoms with Crippen LogP contribution in [0.4, 0.5) is 0 Å². The first-order valence-corrected chi connectivity index (χ1v) is 9.50. The van der Waals surface area contributed by atoms with E-state index in [1.165, 1.54) is 0 Å². The zero-order chi connectivity index (χ0) is 19.7. The van der Waals surface area contributed by atoms with Gasteiger partial charge in [0.05, 0.1) is 11.2 Å². The third-order valence-electron chi connectivity index (χ3n) is 4.72. The molecule has 0 bridgehead atoms. The summed E-state index contributed by atoms with van der Waals surface area (Å²) in [5.41, 5.74) is 4.04. The number of unbranched alkanes of at least 4 members (excludes halogenated alkanes) is 1. The summed E-state index contributed by atoms with van der Waals surface area (Å²) in [6.45, 7) is 6.83. The number of aryl methyl sites for hydroxylation is 2. The number of carbonyl (C=O) groups is 1. The van der Waals surface area contributed by atoms with Crippen molar-refractivity contribution in [3.63, 3.8) is 0 Å². The normalized spacial score (nSPS) is 11.4. The van der Waals surface area contributed by atoms with Crippen LogP contribution in [0.3, 0.4) is 0 Å². The summed E-state index contributed by atoms with van der Waals surface area (Å²) in [7, 11) is 0. The molecular weight excluding hydrogens is 354 g/mol. The van der Waals surface area contributed by atoms with Gasteiger partial charge in [-0.05, 0) is 32.4 Å². The second-order valence-corrected chi connectivity index (χ2v) is 6.93. The highest BCUT2D eigenvalue weighted by Gasteiger charge is 2.18. The van der Waals surface area contributed by atoms with E-state index >= 15 is 0 Å². The Hall–Kier alpha value is -3.29. The molecule has 28 heavy (non-hydrogen) atoms. The van der Waals surface area contributed by atoms with E-state index in [9.17, 15) is 4.79 Å². The van der Waals surface area contributed by atoms with Crippen molar-refractivity contribution in [3.05, 3.63) is 41.7 Å². The predicted molar refractivity (Wildman–Crippen MR) is 107 cm³/mol. The van der Waals surface area contributed by atoms with Crippen LogP contribution in [0, 0.1) is 13.8 Å². The van der Waals surface area contributed by atoms with Crippen molar-refractivity contribution >= 4 is 28.0 Å². The van der Waals surface area contributed by atoms with Crippen molar-refractivity contribution in [2.45, 2.75) is 40.2 Å². The van der Waals surface area contributed by atoms with E-state index in [2.05, 4.69) is 27.5 Å². The number of hydrogen-bond donors (Lipinski definition) is 1. The van der Waals surface area contributed by atoms with Gasteiger partial charge in [-0.2, -0.15) is 10.1 Å². The number of benzene rings is 1. The average molecular weight is 377 g/mol. The van der Waals surface area contributed by atoms with Crippen molar-refractivity contribution in [1.82, 2.24) is 34.8 Å². The van der Waals surface area contributed by atoms with Crippen LogP contribution in [0.15, 0.2) is 30.3 Å². The maximum absolute atomic E-state index is 12.5. The molecule has 1 N–H and O–H groups in total. The standard InChI is InChI=1S/C20H23N7O/c1-4-5-10-21-17(28)12-26-16-9-7-6-8-15(16)18-19(26)22-20(24-23-18)27-14(3)11-13(2)25-27/h6-9,11H,4-5,10,12H2,1-3H3,(H,21,28). The second kappa shape index (κ2) is 7.38. The molecule has 1 aromatic carbocycles. The van der Waals surface area contributed by atoms with Crippen molar-refractivity contribution < 1.29 is 4.79 Å². The van der Waals surface area contributed by atoms with Gasteiger partial charge in [0.1, 0.15) is 12.1 Å². The van der Waals surface area contributed by atoms with Gasteiger partial charge >= 0.3 is 0 Å².